The summed E-state index contributed by atoms with van der Waals surface area (Å²) in [5.74, 6) is -0.240. The molecule has 3 rings (SSSR count). The molecule has 2 aromatic rings. The summed E-state index contributed by atoms with van der Waals surface area (Å²) < 4.78 is 1.76. The Balaban J connectivity index is 1.91. The van der Waals surface area contributed by atoms with Gasteiger partial charge >= 0.3 is 0 Å². The van der Waals surface area contributed by atoms with Gasteiger partial charge < -0.3 is 14.6 Å². The average molecular weight is 427 g/mol. The predicted molar refractivity (Wildman–Crippen MR) is 110 cm³/mol. The number of benzene rings is 1. The number of carbonyl (C=O) groups excluding carboxylic acids is 1. The van der Waals surface area contributed by atoms with E-state index >= 15 is 0 Å². The Hall–Kier alpha value is -1.63. The Morgan fingerprint density at radius 2 is 1.89 bits per heavy atom. The van der Waals surface area contributed by atoms with Crippen LogP contribution in [0, 0.1) is 0 Å². The van der Waals surface area contributed by atoms with E-state index in [4.69, 9.17) is 23.2 Å². The zero-order chi connectivity index (χ0) is 19.7. The highest BCUT2D eigenvalue weighted by atomic mass is 35.5. The number of hydrogen-bond acceptors (Lipinski definition) is 4. The molecule has 0 spiro atoms. The van der Waals surface area contributed by atoms with E-state index in [1.54, 1.807) is 39.4 Å². The lowest BCUT2D eigenvalue weighted by molar-refractivity contribution is 0.0681. The molecule has 1 aromatic heterocycles. The SMILES string of the molecule is CC(C)SCc1cc(=O)c(O)c2n1CCN(Cc1ccc(Cl)c(Cl)c1)C2=O. The number of pyridine rings is 1. The summed E-state index contributed by atoms with van der Waals surface area (Å²) in [6, 6.07) is 6.63. The summed E-state index contributed by atoms with van der Waals surface area (Å²) in [6.45, 7) is 5.47. The first-order valence-corrected chi connectivity index (χ1v) is 10.4. The molecule has 8 heteroatoms. The number of amides is 1. The third-order valence-electron chi connectivity index (χ3n) is 4.38. The van der Waals surface area contributed by atoms with E-state index in [2.05, 4.69) is 13.8 Å². The molecule has 0 bridgehead atoms. The van der Waals surface area contributed by atoms with Gasteiger partial charge in [-0.2, -0.15) is 11.8 Å². The highest BCUT2D eigenvalue weighted by Crippen LogP contribution is 2.27. The lowest BCUT2D eigenvalue weighted by Gasteiger charge is -2.32. The minimum absolute atomic E-state index is 0.0631. The number of thioether (sulfide) groups is 1. The molecular formula is C19H20Cl2N2O3S. The third kappa shape index (κ3) is 4.28. The Bertz CT molecular complexity index is 943. The molecule has 1 amide bonds. The molecule has 0 saturated carbocycles. The lowest BCUT2D eigenvalue weighted by atomic mass is 10.1. The van der Waals surface area contributed by atoms with Gasteiger partial charge in [0.05, 0.1) is 10.0 Å². The summed E-state index contributed by atoms with van der Waals surface area (Å²) in [6.07, 6.45) is 0. The second-order valence-electron chi connectivity index (χ2n) is 6.68. The van der Waals surface area contributed by atoms with E-state index in [1.807, 2.05) is 0 Å². The fraction of sp³-hybridized carbons (Fsp3) is 0.368. The van der Waals surface area contributed by atoms with Crippen molar-refractivity contribution < 1.29 is 9.90 Å². The monoisotopic (exact) mass is 426 g/mol. The van der Waals surface area contributed by atoms with Crippen molar-refractivity contribution in [3.8, 4) is 5.75 Å². The van der Waals surface area contributed by atoms with Gasteiger partial charge in [-0.05, 0) is 22.9 Å². The van der Waals surface area contributed by atoms with Crippen molar-refractivity contribution in [1.29, 1.82) is 0 Å². The number of fused-ring (bicyclic) bond motifs is 1. The molecule has 0 saturated heterocycles. The van der Waals surface area contributed by atoms with Gasteiger partial charge in [0.2, 0.25) is 5.43 Å². The smallest absolute Gasteiger partial charge is 0.274 e. The van der Waals surface area contributed by atoms with Gasteiger partial charge in [-0.3, -0.25) is 9.59 Å². The molecule has 27 heavy (non-hydrogen) atoms. The lowest BCUT2D eigenvalue weighted by Crippen LogP contribution is -2.42. The zero-order valence-corrected chi connectivity index (χ0v) is 17.4. The van der Waals surface area contributed by atoms with Crippen molar-refractivity contribution in [3.63, 3.8) is 0 Å². The topological polar surface area (TPSA) is 62.5 Å². The van der Waals surface area contributed by atoms with Gasteiger partial charge in [-0.1, -0.05) is 43.1 Å². The molecule has 0 atom stereocenters. The van der Waals surface area contributed by atoms with E-state index in [0.29, 0.717) is 40.7 Å². The summed E-state index contributed by atoms with van der Waals surface area (Å²) in [5.41, 5.74) is 1.13. The maximum atomic E-state index is 13.0. The van der Waals surface area contributed by atoms with Crippen LogP contribution in [0.3, 0.4) is 0 Å². The van der Waals surface area contributed by atoms with Crippen LogP contribution in [0.15, 0.2) is 29.1 Å². The van der Waals surface area contributed by atoms with E-state index in [9.17, 15) is 14.7 Å². The largest absolute Gasteiger partial charge is 0.503 e. The van der Waals surface area contributed by atoms with E-state index in [1.165, 1.54) is 6.07 Å². The maximum Gasteiger partial charge on any atom is 0.274 e. The number of nitrogens with zero attached hydrogens (tertiary/aromatic N) is 2. The van der Waals surface area contributed by atoms with Gasteiger partial charge in [0.25, 0.3) is 5.91 Å². The molecule has 0 unspecified atom stereocenters. The summed E-state index contributed by atoms with van der Waals surface area (Å²) >= 11 is 13.7. The number of aromatic nitrogens is 1. The second kappa shape index (κ2) is 8.17. The quantitative estimate of drug-likeness (QED) is 0.779. The molecule has 5 nitrogen and oxygen atoms in total. The predicted octanol–water partition coefficient (Wildman–Crippen LogP) is 4.16. The fourth-order valence-corrected chi connectivity index (χ4v) is 4.07. The van der Waals surface area contributed by atoms with Gasteiger partial charge in [0, 0.05) is 37.1 Å². The van der Waals surface area contributed by atoms with Crippen LogP contribution in [0.5, 0.6) is 5.75 Å². The van der Waals surface area contributed by atoms with Crippen molar-refractivity contribution in [3.05, 3.63) is 61.5 Å². The van der Waals surface area contributed by atoms with Crippen LogP contribution >= 0.6 is 35.0 Å². The molecule has 0 radical (unpaired) electrons. The van der Waals surface area contributed by atoms with Crippen LogP contribution in [0.25, 0.3) is 0 Å². The minimum atomic E-state index is -0.523. The Morgan fingerprint density at radius 1 is 1.15 bits per heavy atom. The fourth-order valence-electron chi connectivity index (χ4n) is 3.01. The summed E-state index contributed by atoms with van der Waals surface area (Å²) in [4.78, 5) is 26.8. The number of hydrogen-bond donors (Lipinski definition) is 1. The van der Waals surface area contributed by atoms with Crippen LogP contribution in [-0.4, -0.2) is 32.3 Å². The van der Waals surface area contributed by atoms with Gasteiger partial charge in [0.1, 0.15) is 0 Å². The normalized spacial score (nSPS) is 14.0. The van der Waals surface area contributed by atoms with Crippen LogP contribution in [-0.2, 0) is 18.8 Å². The van der Waals surface area contributed by atoms with Crippen molar-refractivity contribution in [2.24, 2.45) is 0 Å². The second-order valence-corrected chi connectivity index (χ2v) is 9.06. The number of carbonyl (C=O) groups is 1. The van der Waals surface area contributed by atoms with Crippen LogP contribution in [0.2, 0.25) is 10.0 Å². The van der Waals surface area contributed by atoms with E-state index in [-0.39, 0.29) is 11.6 Å². The van der Waals surface area contributed by atoms with E-state index in [0.717, 1.165) is 11.3 Å². The standard InChI is InChI=1S/C19H20Cl2N2O3S/c1-11(2)27-10-13-8-16(24)18(25)17-19(26)22(5-6-23(13)17)9-12-3-4-14(20)15(21)7-12/h3-4,7-8,11,25H,5-6,9-10H2,1-2H3. The van der Waals surface area contributed by atoms with Crippen molar-refractivity contribution >= 4 is 40.9 Å². The summed E-state index contributed by atoms with van der Waals surface area (Å²) in [7, 11) is 0. The van der Waals surface area contributed by atoms with Gasteiger partial charge in [-0.25, -0.2) is 0 Å². The molecule has 0 fully saturated rings. The molecule has 2 heterocycles. The summed E-state index contributed by atoms with van der Waals surface area (Å²) in [5, 5.41) is 11.5. The number of rotatable bonds is 5. The molecule has 0 aliphatic carbocycles. The molecule has 1 N–H and O–H groups in total. The first kappa shape index (κ1) is 20.1. The third-order valence-corrected chi connectivity index (χ3v) is 6.25. The Kier molecular flexibility index (Phi) is 6.08. The molecule has 1 aliphatic rings. The van der Waals surface area contributed by atoms with Crippen LogP contribution in [0.4, 0.5) is 0 Å². The minimum Gasteiger partial charge on any atom is -0.503 e. The zero-order valence-electron chi connectivity index (χ0n) is 15.0. The maximum absolute atomic E-state index is 13.0. The first-order valence-electron chi connectivity index (χ1n) is 8.58. The molecular weight excluding hydrogens is 407 g/mol. The first-order chi connectivity index (χ1) is 12.8. The van der Waals surface area contributed by atoms with Gasteiger partial charge in [0.15, 0.2) is 11.4 Å². The van der Waals surface area contributed by atoms with Crippen LogP contribution < -0.4 is 5.43 Å². The van der Waals surface area contributed by atoms with Crippen molar-refractivity contribution in [1.82, 2.24) is 9.47 Å². The van der Waals surface area contributed by atoms with Gasteiger partial charge in [-0.15, -0.1) is 0 Å². The Labute approximate surface area is 171 Å². The van der Waals surface area contributed by atoms with E-state index < -0.39 is 11.2 Å². The van der Waals surface area contributed by atoms with Crippen LogP contribution in [0.1, 0.15) is 35.6 Å². The number of halogens is 2. The molecule has 1 aliphatic heterocycles. The average Bonchev–Trinajstić information content (AvgIpc) is 2.61. The van der Waals surface area contributed by atoms with Crippen molar-refractivity contribution in [2.45, 2.75) is 37.9 Å². The highest BCUT2D eigenvalue weighted by Gasteiger charge is 2.30. The number of aromatic hydroxyl groups is 1. The molecule has 1 aromatic carbocycles. The van der Waals surface area contributed by atoms with Crippen molar-refractivity contribution in [2.75, 3.05) is 6.54 Å². The highest BCUT2D eigenvalue weighted by molar-refractivity contribution is 7.99. The molecule has 144 valence electrons. The Morgan fingerprint density at radius 3 is 2.56 bits per heavy atom.